The lowest BCUT2D eigenvalue weighted by atomic mass is 10.4. The van der Waals surface area contributed by atoms with Crippen LogP contribution >= 0.6 is 0 Å². The number of nitrogens with two attached hydrogens (primary N) is 1. The third-order valence-electron chi connectivity index (χ3n) is 1.52. The number of rotatable bonds is 0. The van der Waals surface area contributed by atoms with E-state index in [-0.39, 0.29) is 0 Å². The first-order valence-corrected chi connectivity index (χ1v) is 4.02. The van der Waals surface area contributed by atoms with Crippen LogP contribution in [0.3, 0.4) is 0 Å². The minimum absolute atomic E-state index is 0.457. The third-order valence-corrected chi connectivity index (χ3v) is 1.52. The normalized spacial score (nSPS) is 10.8. The quantitative estimate of drug-likeness (QED) is 0.628. The summed E-state index contributed by atoms with van der Waals surface area (Å²) < 4.78 is 31.7. The molecule has 7 nitrogen and oxygen atoms in total. The molecule has 0 radical (unpaired) electrons. The summed E-state index contributed by atoms with van der Waals surface area (Å²) in [4.78, 5) is 16.6. The smallest absolute Gasteiger partial charge is 0.475 e. The summed E-state index contributed by atoms with van der Waals surface area (Å²) in [7, 11) is 0. The van der Waals surface area contributed by atoms with E-state index in [4.69, 9.17) is 15.6 Å². The number of aromatic nitrogens is 4. The first kappa shape index (κ1) is 12.7. The first-order chi connectivity index (χ1) is 7.82. The molecule has 0 aliphatic carbocycles. The highest BCUT2D eigenvalue weighted by Gasteiger charge is 2.38. The summed E-state index contributed by atoms with van der Waals surface area (Å²) in [6.07, 6.45) is -2.08. The fourth-order valence-electron chi connectivity index (χ4n) is 0.784. The van der Waals surface area contributed by atoms with Crippen LogP contribution in [-0.4, -0.2) is 37.4 Å². The van der Waals surface area contributed by atoms with Gasteiger partial charge in [0, 0.05) is 0 Å². The number of alkyl halides is 3. The Kier molecular flexibility index (Phi) is 3.46. The van der Waals surface area contributed by atoms with Crippen LogP contribution in [0.15, 0.2) is 12.5 Å². The van der Waals surface area contributed by atoms with Crippen LogP contribution in [0.1, 0.15) is 0 Å². The van der Waals surface area contributed by atoms with Gasteiger partial charge in [0.2, 0.25) is 0 Å². The number of hydrogen-bond acceptors (Lipinski definition) is 5. The van der Waals surface area contributed by atoms with Crippen LogP contribution in [0.5, 0.6) is 0 Å². The van der Waals surface area contributed by atoms with Crippen molar-refractivity contribution in [1.82, 2.24) is 20.2 Å². The van der Waals surface area contributed by atoms with Gasteiger partial charge < -0.3 is 10.8 Å². The maximum absolute atomic E-state index is 10.6. The molecule has 0 aliphatic rings. The second kappa shape index (κ2) is 4.63. The highest BCUT2D eigenvalue weighted by molar-refractivity contribution is 5.83. The van der Waals surface area contributed by atoms with Gasteiger partial charge in [-0.2, -0.15) is 18.3 Å². The second-order valence-corrected chi connectivity index (χ2v) is 2.69. The molecule has 0 aliphatic heterocycles. The van der Waals surface area contributed by atoms with Crippen LogP contribution in [-0.2, 0) is 4.79 Å². The molecule has 2 rings (SSSR count). The molecule has 0 amide bonds. The molecule has 0 saturated heterocycles. The topological polar surface area (TPSA) is 118 Å². The Hall–Kier alpha value is -2.39. The van der Waals surface area contributed by atoms with E-state index in [0.29, 0.717) is 11.5 Å². The maximum atomic E-state index is 10.6. The van der Waals surface area contributed by atoms with Gasteiger partial charge in [0.15, 0.2) is 5.65 Å². The number of anilines is 1. The zero-order valence-corrected chi connectivity index (χ0v) is 8.06. The third kappa shape index (κ3) is 3.29. The lowest BCUT2D eigenvalue weighted by Crippen LogP contribution is -2.21. The summed E-state index contributed by atoms with van der Waals surface area (Å²) in [5, 5.41) is 14.3. The zero-order chi connectivity index (χ0) is 13.1. The molecule has 2 heterocycles. The van der Waals surface area contributed by atoms with Gasteiger partial charge in [-0.15, -0.1) is 0 Å². The average molecular weight is 249 g/mol. The van der Waals surface area contributed by atoms with Crippen LogP contribution in [0.4, 0.5) is 19.0 Å². The monoisotopic (exact) mass is 249 g/mol. The van der Waals surface area contributed by atoms with E-state index in [9.17, 15) is 13.2 Å². The van der Waals surface area contributed by atoms with E-state index < -0.39 is 12.1 Å². The Balaban J connectivity index is 0.000000185. The second-order valence-electron chi connectivity index (χ2n) is 2.69. The number of halogens is 3. The number of nitrogen functional groups attached to an aromatic ring is 1. The highest BCUT2D eigenvalue weighted by atomic mass is 19.4. The molecule has 0 bridgehead atoms. The molecule has 0 saturated carbocycles. The predicted molar refractivity (Wildman–Crippen MR) is 49.8 cm³/mol. The Morgan fingerprint density at radius 3 is 2.47 bits per heavy atom. The van der Waals surface area contributed by atoms with Crippen molar-refractivity contribution in [3.8, 4) is 0 Å². The number of aromatic amines is 1. The maximum Gasteiger partial charge on any atom is 0.490 e. The number of carboxylic acid groups (broad SMARTS) is 1. The van der Waals surface area contributed by atoms with E-state index in [1.807, 2.05) is 0 Å². The molecule has 0 spiro atoms. The van der Waals surface area contributed by atoms with Gasteiger partial charge in [-0.25, -0.2) is 14.8 Å². The molecule has 92 valence electrons. The number of hydrogen-bond donors (Lipinski definition) is 3. The Morgan fingerprint density at radius 2 is 2.00 bits per heavy atom. The molecule has 0 aromatic carbocycles. The molecule has 0 fully saturated rings. The van der Waals surface area contributed by atoms with Gasteiger partial charge >= 0.3 is 12.1 Å². The number of nitrogens with zero attached hydrogens (tertiary/aromatic N) is 3. The SMILES string of the molecule is Nc1ncnc2[nH]ncc12.O=C(O)C(F)(F)F. The number of fused-ring (bicyclic) bond motifs is 1. The van der Waals surface area contributed by atoms with E-state index in [2.05, 4.69) is 20.2 Å². The summed E-state index contributed by atoms with van der Waals surface area (Å²) in [6.45, 7) is 0. The van der Waals surface area contributed by atoms with E-state index in [1.54, 1.807) is 6.20 Å². The summed E-state index contributed by atoms with van der Waals surface area (Å²) in [5.74, 6) is -2.30. The van der Waals surface area contributed by atoms with E-state index in [0.717, 1.165) is 5.39 Å². The molecular formula is C7H6F3N5O2. The van der Waals surface area contributed by atoms with E-state index in [1.165, 1.54) is 6.33 Å². The largest absolute Gasteiger partial charge is 0.490 e. The fourth-order valence-corrected chi connectivity index (χ4v) is 0.784. The van der Waals surface area contributed by atoms with Crippen molar-refractivity contribution in [2.45, 2.75) is 6.18 Å². The molecule has 2 aromatic heterocycles. The summed E-state index contributed by atoms with van der Waals surface area (Å²) in [5.41, 5.74) is 6.16. The zero-order valence-electron chi connectivity index (χ0n) is 8.06. The molecule has 0 unspecified atom stereocenters. The standard InChI is InChI=1S/C5H5N5.C2HF3O2/c6-4-3-1-9-10-5(3)8-2-7-4;3-2(4,5)1(6)7/h1-2H,(H3,6,7,8,9,10);(H,6,7). The van der Waals surface area contributed by atoms with Crippen molar-refractivity contribution in [3.63, 3.8) is 0 Å². The number of carbonyl (C=O) groups is 1. The predicted octanol–water partition coefficient (Wildman–Crippen LogP) is 0.568. The van der Waals surface area contributed by atoms with Crippen LogP contribution < -0.4 is 5.73 Å². The Labute approximate surface area is 91.5 Å². The number of H-pyrrole nitrogens is 1. The van der Waals surface area contributed by atoms with Crippen molar-refractivity contribution in [3.05, 3.63) is 12.5 Å². The van der Waals surface area contributed by atoms with Gasteiger partial charge in [0.05, 0.1) is 11.6 Å². The summed E-state index contributed by atoms with van der Waals surface area (Å²) in [6, 6.07) is 0. The van der Waals surface area contributed by atoms with Crippen LogP contribution in [0.2, 0.25) is 0 Å². The lowest BCUT2D eigenvalue weighted by Gasteiger charge is -1.93. The van der Waals surface area contributed by atoms with Crippen molar-refractivity contribution in [2.24, 2.45) is 0 Å². The van der Waals surface area contributed by atoms with Crippen LogP contribution in [0, 0.1) is 0 Å². The molecule has 17 heavy (non-hydrogen) atoms. The number of nitrogens with one attached hydrogen (secondary N) is 1. The molecular weight excluding hydrogens is 243 g/mol. The van der Waals surface area contributed by atoms with Gasteiger partial charge in [0.1, 0.15) is 12.1 Å². The van der Waals surface area contributed by atoms with E-state index >= 15 is 0 Å². The first-order valence-electron chi connectivity index (χ1n) is 4.02. The minimum atomic E-state index is -5.08. The van der Waals surface area contributed by atoms with Crippen molar-refractivity contribution in [2.75, 3.05) is 5.73 Å². The molecule has 10 heteroatoms. The van der Waals surface area contributed by atoms with Crippen LogP contribution in [0.25, 0.3) is 11.0 Å². The van der Waals surface area contributed by atoms with Gasteiger partial charge in [-0.3, -0.25) is 5.10 Å². The molecule has 0 atom stereocenters. The van der Waals surface area contributed by atoms with Crippen molar-refractivity contribution < 1.29 is 23.1 Å². The number of aliphatic carboxylic acids is 1. The van der Waals surface area contributed by atoms with Gasteiger partial charge in [-0.1, -0.05) is 0 Å². The highest BCUT2D eigenvalue weighted by Crippen LogP contribution is 2.13. The fraction of sp³-hybridized carbons (Fsp3) is 0.143. The Morgan fingerprint density at radius 1 is 1.41 bits per heavy atom. The number of carboxylic acids is 1. The molecule has 4 N–H and O–H groups in total. The molecule has 2 aromatic rings. The van der Waals surface area contributed by atoms with Crippen molar-refractivity contribution >= 4 is 22.8 Å². The average Bonchev–Trinajstić information content (AvgIpc) is 2.66. The Bertz CT molecular complexity index is 523. The minimum Gasteiger partial charge on any atom is -0.475 e. The summed E-state index contributed by atoms with van der Waals surface area (Å²) >= 11 is 0. The van der Waals surface area contributed by atoms with Gasteiger partial charge in [0.25, 0.3) is 0 Å². The lowest BCUT2D eigenvalue weighted by molar-refractivity contribution is -0.192. The van der Waals surface area contributed by atoms with Gasteiger partial charge in [-0.05, 0) is 0 Å². The van der Waals surface area contributed by atoms with Crippen molar-refractivity contribution in [1.29, 1.82) is 0 Å².